The standard InChI is InChI=1S/C92H126/c1-5-9-13-17-21-25-29-33-37-49-69-91(70-50-38-34-30-26-22-18-14-10-6-2)87-59-47-45-57-83(87)85-67-63-75(73-89(85)91)61-65-81-77-53-41-43-55-79(77)82(80-56-44-42-54-78(80)81)66-62-76-64-68-86-84-58-46-48-60-88(84)92(90(86)74-76,71-51-39-35-31-27-23-19-15-11-7-3)72-52-40-36-32-28-24-20-16-12-8-4/h41-48,53-68,73-74H,5-40,49-52,69-72H2,1-4H3/b65-61+,66-62+. The lowest BCUT2D eigenvalue weighted by molar-refractivity contribution is 0.397. The average Bonchev–Trinajstić information content (AvgIpc) is 1.53. The normalized spacial score (nSPS) is 13.7. The van der Waals surface area contributed by atoms with Crippen molar-refractivity contribution in [3.05, 3.63) is 178 Å². The molecule has 7 aromatic carbocycles. The summed E-state index contributed by atoms with van der Waals surface area (Å²) in [6, 6.07) is 52.8. The van der Waals surface area contributed by atoms with Gasteiger partial charge in [0.1, 0.15) is 0 Å². The van der Waals surface area contributed by atoms with Crippen LogP contribution in [0.5, 0.6) is 0 Å². The van der Waals surface area contributed by atoms with Crippen LogP contribution in [0.4, 0.5) is 0 Å². The molecule has 0 saturated heterocycles. The average molecular weight is 1230 g/mol. The molecular formula is C92H126. The van der Waals surface area contributed by atoms with Crippen molar-refractivity contribution in [2.75, 3.05) is 0 Å². The molecule has 0 bridgehead atoms. The summed E-state index contributed by atoms with van der Waals surface area (Å²) < 4.78 is 0. The van der Waals surface area contributed by atoms with E-state index in [0.717, 1.165) is 0 Å². The molecule has 494 valence electrons. The first-order valence-electron chi connectivity index (χ1n) is 39.3. The Balaban J connectivity index is 0.973. The fraction of sp³-hybridized carbons (Fsp3) is 0.543. The summed E-state index contributed by atoms with van der Waals surface area (Å²) in [6.45, 7) is 9.32. The molecule has 0 heteroatoms. The molecule has 0 amide bonds. The summed E-state index contributed by atoms with van der Waals surface area (Å²) in [5, 5.41) is 5.29. The van der Waals surface area contributed by atoms with Gasteiger partial charge >= 0.3 is 0 Å². The van der Waals surface area contributed by atoms with E-state index in [1.807, 2.05) is 0 Å². The van der Waals surface area contributed by atoms with Gasteiger partial charge in [-0.05, 0) is 114 Å². The molecule has 2 aliphatic carbocycles. The predicted molar refractivity (Wildman–Crippen MR) is 410 cm³/mol. The minimum atomic E-state index is 0.0626. The van der Waals surface area contributed by atoms with Gasteiger partial charge in [-0.3, -0.25) is 0 Å². The molecule has 0 atom stereocenters. The molecule has 0 radical (unpaired) electrons. The van der Waals surface area contributed by atoms with E-state index < -0.39 is 0 Å². The highest BCUT2D eigenvalue weighted by Gasteiger charge is 2.43. The molecule has 0 nitrogen and oxygen atoms in total. The molecule has 0 fully saturated rings. The van der Waals surface area contributed by atoms with Crippen LogP contribution in [-0.4, -0.2) is 0 Å². The third-order valence-corrected chi connectivity index (χ3v) is 22.3. The van der Waals surface area contributed by atoms with Gasteiger partial charge in [-0.25, -0.2) is 0 Å². The Morgan fingerprint density at radius 2 is 0.446 bits per heavy atom. The van der Waals surface area contributed by atoms with Gasteiger partial charge in [0.05, 0.1) is 0 Å². The van der Waals surface area contributed by atoms with Crippen molar-refractivity contribution in [2.24, 2.45) is 0 Å². The number of rotatable bonds is 48. The Labute approximate surface area is 563 Å². The van der Waals surface area contributed by atoms with Crippen molar-refractivity contribution in [1.82, 2.24) is 0 Å². The largest absolute Gasteiger partial charge is 0.0654 e. The second-order valence-corrected chi connectivity index (χ2v) is 29.2. The Kier molecular flexibility index (Phi) is 30.4. The summed E-state index contributed by atoms with van der Waals surface area (Å²) in [6.07, 6.45) is 70.1. The van der Waals surface area contributed by atoms with E-state index in [2.05, 4.69) is 185 Å². The summed E-state index contributed by atoms with van der Waals surface area (Å²) in [7, 11) is 0. The second-order valence-electron chi connectivity index (χ2n) is 29.2. The van der Waals surface area contributed by atoms with Crippen molar-refractivity contribution >= 4 is 45.8 Å². The van der Waals surface area contributed by atoms with Crippen molar-refractivity contribution in [3.63, 3.8) is 0 Å². The maximum Gasteiger partial charge on any atom is 0.0215 e. The van der Waals surface area contributed by atoms with E-state index in [4.69, 9.17) is 0 Å². The van der Waals surface area contributed by atoms with Gasteiger partial charge in [0.2, 0.25) is 0 Å². The maximum atomic E-state index is 2.64. The molecule has 0 unspecified atom stereocenters. The van der Waals surface area contributed by atoms with Crippen molar-refractivity contribution in [2.45, 2.75) is 321 Å². The third kappa shape index (κ3) is 19.4. The predicted octanol–water partition coefficient (Wildman–Crippen LogP) is 30.1. The van der Waals surface area contributed by atoms with E-state index in [9.17, 15) is 0 Å². The number of hydrogen-bond acceptors (Lipinski definition) is 0. The van der Waals surface area contributed by atoms with Crippen molar-refractivity contribution in [1.29, 1.82) is 0 Å². The monoisotopic (exact) mass is 1230 g/mol. The molecule has 0 N–H and O–H groups in total. The van der Waals surface area contributed by atoms with Crippen LogP contribution in [0.3, 0.4) is 0 Å². The highest BCUT2D eigenvalue weighted by atomic mass is 14.5. The first kappa shape index (κ1) is 70.8. The number of unbranched alkanes of at least 4 members (excludes halogenated alkanes) is 36. The van der Waals surface area contributed by atoms with Gasteiger partial charge in [-0.1, -0.05) is 442 Å². The second kappa shape index (κ2) is 39.4. The summed E-state index contributed by atoms with van der Waals surface area (Å²) in [5.41, 5.74) is 17.7. The lowest BCUT2D eigenvalue weighted by atomic mass is 9.70. The zero-order valence-electron chi connectivity index (χ0n) is 59.1. The highest BCUT2D eigenvalue weighted by molar-refractivity contribution is 6.14. The van der Waals surface area contributed by atoms with E-state index in [0.29, 0.717) is 0 Å². The molecule has 2 aliphatic rings. The van der Waals surface area contributed by atoms with Crippen LogP contribution < -0.4 is 0 Å². The van der Waals surface area contributed by atoms with Crippen molar-refractivity contribution < 1.29 is 0 Å². The number of fused-ring (bicyclic) bond motifs is 8. The van der Waals surface area contributed by atoms with Crippen LogP contribution in [0.2, 0.25) is 0 Å². The topological polar surface area (TPSA) is 0 Å². The minimum absolute atomic E-state index is 0.0626. The molecule has 0 heterocycles. The SMILES string of the molecule is CCCCCCCCCCCCC1(CCCCCCCCCCCC)c2ccccc2-c2ccc(/C=C/c3c4ccccc4c(/C=C/c4ccc5c(c4)C(CCCCCCCCCCCC)(CCCCCCCCCCCC)c4ccccc4-5)c4ccccc34)cc21. The molecule has 0 aliphatic heterocycles. The van der Waals surface area contributed by atoms with Crippen molar-refractivity contribution in [3.8, 4) is 22.3 Å². The molecule has 0 aromatic heterocycles. The van der Waals surface area contributed by atoms with Gasteiger partial charge in [0, 0.05) is 10.8 Å². The van der Waals surface area contributed by atoms with E-state index in [1.165, 1.54) is 349 Å². The van der Waals surface area contributed by atoms with Gasteiger partial charge in [0.25, 0.3) is 0 Å². The van der Waals surface area contributed by atoms with Crippen LogP contribution in [-0.2, 0) is 10.8 Å². The van der Waals surface area contributed by atoms with E-state index in [1.54, 1.807) is 22.3 Å². The summed E-state index contributed by atoms with van der Waals surface area (Å²) >= 11 is 0. The molecule has 0 saturated carbocycles. The Bertz CT molecular complexity index is 2980. The van der Waals surface area contributed by atoms with Gasteiger partial charge in [-0.2, -0.15) is 0 Å². The van der Waals surface area contributed by atoms with Crippen LogP contribution in [0.15, 0.2) is 133 Å². The summed E-state index contributed by atoms with van der Waals surface area (Å²) in [5.74, 6) is 0. The minimum Gasteiger partial charge on any atom is -0.0654 e. The lowest BCUT2D eigenvalue weighted by Gasteiger charge is -2.33. The Morgan fingerprint density at radius 3 is 0.717 bits per heavy atom. The van der Waals surface area contributed by atoms with Gasteiger partial charge in [0.15, 0.2) is 0 Å². The maximum absolute atomic E-state index is 2.64. The quantitative estimate of drug-likeness (QED) is 0.0203. The molecule has 9 rings (SSSR count). The first-order valence-corrected chi connectivity index (χ1v) is 39.3. The van der Waals surface area contributed by atoms with E-state index >= 15 is 0 Å². The van der Waals surface area contributed by atoms with Crippen LogP contribution in [0, 0.1) is 0 Å². The van der Waals surface area contributed by atoms with Crippen LogP contribution in [0.1, 0.15) is 355 Å². The van der Waals surface area contributed by atoms with Gasteiger partial charge < -0.3 is 0 Å². The molecule has 0 spiro atoms. The Morgan fingerprint density at radius 1 is 0.217 bits per heavy atom. The zero-order chi connectivity index (χ0) is 63.7. The zero-order valence-corrected chi connectivity index (χ0v) is 59.1. The van der Waals surface area contributed by atoms with Crippen LogP contribution >= 0.6 is 0 Å². The molecule has 92 heavy (non-hydrogen) atoms. The van der Waals surface area contributed by atoms with E-state index in [-0.39, 0.29) is 10.8 Å². The fourth-order valence-corrected chi connectivity index (χ4v) is 17.1. The van der Waals surface area contributed by atoms with Gasteiger partial charge in [-0.15, -0.1) is 0 Å². The highest BCUT2D eigenvalue weighted by Crippen LogP contribution is 2.56. The number of benzene rings is 7. The first-order chi connectivity index (χ1) is 45.6. The van der Waals surface area contributed by atoms with Crippen LogP contribution in [0.25, 0.3) is 68.1 Å². The molecule has 7 aromatic rings. The fourth-order valence-electron chi connectivity index (χ4n) is 17.1. The molecular weight excluding hydrogens is 1110 g/mol. The number of hydrogen-bond donors (Lipinski definition) is 0. The lowest BCUT2D eigenvalue weighted by Crippen LogP contribution is -2.25. The Hall–Kier alpha value is -5.46. The smallest absolute Gasteiger partial charge is 0.0215 e. The third-order valence-electron chi connectivity index (χ3n) is 22.3. The summed E-state index contributed by atoms with van der Waals surface area (Å²) in [4.78, 5) is 0.